The number of carbonyl (C=O) groups is 2. The van der Waals surface area contributed by atoms with Crippen LogP contribution in [0.1, 0.15) is 55.9 Å². The van der Waals surface area contributed by atoms with Gasteiger partial charge in [0.1, 0.15) is 18.6 Å². The van der Waals surface area contributed by atoms with E-state index in [-0.39, 0.29) is 32.3 Å². The highest BCUT2D eigenvalue weighted by Gasteiger charge is 2.72. The second-order valence-electron chi connectivity index (χ2n) is 13.6. The SMILES string of the molecule is CN1c2cccc(COCOCc3ccccc3)c2[C@]23CCNC(=O)[C@]2(CCOS(C)(=O)=O)c2ccccc2N(C(=O)OC(C)(C)C)[C@H]13. The fraction of sp³-hybridized carbons (Fsp3) is 0.444. The largest absolute Gasteiger partial charge is 0.443 e. The minimum atomic E-state index is -3.81. The van der Waals surface area contributed by atoms with Gasteiger partial charge in [0.05, 0.1) is 42.6 Å². The van der Waals surface area contributed by atoms with Crippen molar-refractivity contribution in [2.45, 2.75) is 69.4 Å². The number of piperidine rings is 1. The maximum absolute atomic E-state index is 14.7. The van der Waals surface area contributed by atoms with Gasteiger partial charge in [-0.25, -0.2) is 4.79 Å². The van der Waals surface area contributed by atoms with E-state index in [0.29, 0.717) is 30.8 Å². The molecule has 48 heavy (non-hydrogen) atoms. The zero-order valence-electron chi connectivity index (χ0n) is 28.0. The third-order valence-electron chi connectivity index (χ3n) is 9.48. The summed E-state index contributed by atoms with van der Waals surface area (Å²) in [6, 6.07) is 23.0. The topological polar surface area (TPSA) is 124 Å². The summed E-state index contributed by atoms with van der Waals surface area (Å²) < 4.78 is 47.7. The molecule has 1 N–H and O–H groups in total. The van der Waals surface area contributed by atoms with Gasteiger partial charge in [0.15, 0.2) is 0 Å². The highest BCUT2D eigenvalue weighted by molar-refractivity contribution is 7.85. The van der Waals surface area contributed by atoms with E-state index in [1.165, 1.54) is 0 Å². The number of hydrogen-bond acceptors (Lipinski definition) is 9. The molecule has 0 aromatic heterocycles. The Morgan fingerprint density at radius 3 is 2.38 bits per heavy atom. The zero-order valence-corrected chi connectivity index (χ0v) is 28.8. The van der Waals surface area contributed by atoms with Crippen molar-refractivity contribution in [3.05, 3.63) is 95.1 Å². The lowest BCUT2D eigenvalue weighted by atomic mass is 9.49. The summed E-state index contributed by atoms with van der Waals surface area (Å²) in [4.78, 5) is 32.7. The van der Waals surface area contributed by atoms with Crippen molar-refractivity contribution >= 4 is 33.5 Å². The molecule has 256 valence electrons. The Bertz CT molecular complexity index is 1790. The van der Waals surface area contributed by atoms with Crippen LogP contribution in [0.2, 0.25) is 0 Å². The predicted molar refractivity (Wildman–Crippen MR) is 181 cm³/mol. The number of anilines is 2. The first kappa shape index (κ1) is 33.9. The fourth-order valence-electron chi connectivity index (χ4n) is 7.94. The molecule has 1 spiro atoms. The lowest BCUT2D eigenvalue weighted by Gasteiger charge is -2.60. The number of amides is 2. The molecule has 1 fully saturated rings. The molecule has 0 bridgehead atoms. The van der Waals surface area contributed by atoms with Crippen LogP contribution in [0.3, 0.4) is 0 Å². The number of hydrogen-bond donors (Lipinski definition) is 1. The molecule has 0 unspecified atom stereocenters. The Balaban J connectivity index is 1.50. The Morgan fingerprint density at radius 1 is 0.958 bits per heavy atom. The third-order valence-corrected chi connectivity index (χ3v) is 10.1. The Hall–Kier alpha value is -3.97. The van der Waals surface area contributed by atoms with E-state index >= 15 is 0 Å². The van der Waals surface area contributed by atoms with Crippen LogP contribution >= 0.6 is 0 Å². The smallest absolute Gasteiger partial charge is 0.416 e. The Morgan fingerprint density at radius 2 is 1.65 bits per heavy atom. The molecule has 11 nitrogen and oxygen atoms in total. The van der Waals surface area contributed by atoms with Crippen LogP contribution in [0.15, 0.2) is 72.8 Å². The second kappa shape index (κ2) is 12.8. The third kappa shape index (κ3) is 5.84. The number of carbonyl (C=O) groups excluding carboxylic acids is 2. The van der Waals surface area contributed by atoms with Crippen molar-refractivity contribution in [1.29, 1.82) is 0 Å². The van der Waals surface area contributed by atoms with Gasteiger partial charge in [0.2, 0.25) is 5.91 Å². The van der Waals surface area contributed by atoms with Crippen LogP contribution in [-0.4, -0.2) is 65.4 Å². The molecule has 3 aromatic carbocycles. The molecule has 3 aliphatic rings. The number of benzene rings is 3. The van der Waals surface area contributed by atoms with Gasteiger partial charge < -0.3 is 24.4 Å². The van der Waals surface area contributed by atoms with Crippen molar-refractivity contribution in [2.75, 3.05) is 43.0 Å². The summed E-state index contributed by atoms with van der Waals surface area (Å²) in [7, 11) is -1.89. The van der Waals surface area contributed by atoms with Gasteiger partial charge in [-0.1, -0.05) is 60.7 Å². The Kier molecular flexibility index (Phi) is 9.05. The number of nitrogens with one attached hydrogen (secondary N) is 1. The molecular weight excluding hydrogens is 634 g/mol. The fourth-order valence-corrected chi connectivity index (χ4v) is 8.32. The van der Waals surface area contributed by atoms with E-state index in [9.17, 15) is 18.0 Å². The van der Waals surface area contributed by atoms with Crippen LogP contribution in [-0.2, 0) is 57.4 Å². The molecule has 2 amide bonds. The van der Waals surface area contributed by atoms with Crippen LogP contribution in [0.4, 0.5) is 16.2 Å². The van der Waals surface area contributed by atoms with Crippen molar-refractivity contribution in [3.8, 4) is 0 Å². The van der Waals surface area contributed by atoms with Crippen LogP contribution in [0.5, 0.6) is 0 Å². The van der Waals surface area contributed by atoms with Gasteiger partial charge in [-0.15, -0.1) is 0 Å². The van der Waals surface area contributed by atoms with Crippen molar-refractivity contribution in [3.63, 3.8) is 0 Å². The van der Waals surface area contributed by atoms with Gasteiger partial charge in [-0.2, -0.15) is 8.42 Å². The van der Waals surface area contributed by atoms with E-state index in [4.69, 9.17) is 18.4 Å². The van der Waals surface area contributed by atoms with Gasteiger partial charge in [-0.05, 0) is 68.0 Å². The lowest BCUT2D eigenvalue weighted by Crippen LogP contribution is -2.75. The van der Waals surface area contributed by atoms with Crippen LogP contribution < -0.4 is 15.1 Å². The predicted octanol–water partition coefficient (Wildman–Crippen LogP) is 4.97. The maximum atomic E-state index is 14.7. The first-order chi connectivity index (χ1) is 22.8. The average molecular weight is 678 g/mol. The van der Waals surface area contributed by atoms with Gasteiger partial charge in [-0.3, -0.25) is 13.9 Å². The van der Waals surface area contributed by atoms with E-state index < -0.39 is 38.8 Å². The highest BCUT2D eigenvalue weighted by Crippen LogP contribution is 2.65. The zero-order chi connectivity index (χ0) is 34.3. The van der Waals surface area contributed by atoms with Crippen molar-refractivity contribution in [2.24, 2.45) is 0 Å². The molecule has 1 saturated heterocycles. The molecule has 0 radical (unpaired) electrons. The molecule has 0 saturated carbocycles. The molecule has 3 atom stereocenters. The quantitative estimate of drug-likeness (QED) is 0.180. The van der Waals surface area contributed by atoms with E-state index in [1.54, 1.807) is 4.90 Å². The van der Waals surface area contributed by atoms with Crippen molar-refractivity contribution < 1.29 is 36.4 Å². The van der Waals surface area contributed by atoms with E-state index in [0.717, 1.165) is 28.6 Å². The molecule has 0 aliphatic carbocycles. The second-order valence-corrected chi connectivity index (χ2v) is 15.3. The number of nitrogens with zero attached hydrogens (tertiary/aromatic N) is 2. The number of likely N-dealkylation sites (N-methyl/N-ethyl adjacent to an activating group) is 1. The summed E-state index contributed by atoms with van der Waals surface area (Å²) >= 11 is 0. The van der Waals surface area contributed by atoms with E-state index in [1.807, 2.05) is 106 Å². The minimum absolute atomic E-state index is 0.0459. The summed E-state index contributed by atoms with van der Waals surface area (Å²) in [6.45, 7) is 6.20. The van der Waals surface area contributed by atoms with Crippen molar-refractivity contribution in [1.82, 2.24) is 5.32 Å². The minimum Gasteiger partial charge on any atom is -0.443 e. The Labute approximate surface area is 282 Å². The maximum Gasteiger partial charge on any atom is 0.416 e. The summed E-state index contributed by atoms with van der Waals surface area (Å²) in [6.07, 6.45) is 0.256. The summed E-state index contributed by atoms with van der Waals surface area (Å²) in [5.74, 6) is -0.254. The van der Waals surface area contributed by atoms with Crippen LogP contribution in [0.25, 0.3) is 0 Å². The normalized spacial score (nSPS) is 23.1. The molecule has 12 heteroatoms. The van der Waals surface area contributed by atoms with Crippen LogP contribution in [0, 0.1) is 0 Å². The number of ether oxygens (including phenoxy) is 3. The molecule has 3 aliphatic heterocycles. The first-order valence-electron chi connectivity index (χ1n) is 16.1. The van der Waals surface area contributed by atoms with E-state index in [2.05, 4.69) is 5.32 Å². The monoisotopic (exact) mass is 677 g/mol. The number of fused-ring (bicyclic) bond motifs is 3. The summed E-state index contributed by atoms with van der Waals surface area (Å²) in [5.41, 5.74) is 1.56. The molecule has 3 aromatic rings. The molecule has 6 rings (SSSR count). The molecule has 3 heterocycles. The lowest BCUT2D eigenvalue weighted by molar-refractivity contribution is -0.134. The van der Waals surface area contributed by atoms with Gasteiger partial charge in [0, 0.05) is 19.3 Å². The average Bonchev–Trinajstić information content (AvgIpc) is 3.28. The van der Waals surface area contributed by atoms with Gasteiger partial charge >= 0.3 is 6.09 Å². The standard InChI is InChI=1S/C36H43N3O8S/c1-34(2,3)47-33(41)39-28-16-10-9-15-27(28)35(19-21-46-48(5,42)43)31(40)37-20-18-36(35)30-26(14-11-17-29(30)38(4)32(36)39)23-45-24-44-22-25-12-7-6-8-13-25/h6-17,32H,18-24H2,1-5H3,(H,37,40)/t32-,35-,36-/m0/s1. The first-order valence-corrected chi connectivity index (χ1v) is 17.9. The molecular formula is C36H43N3O8S. The highest BCUT2D eigenvalue weighted by atomic mass is 32.2. The number of para-hydroxylation sites is 1. The summed E-state index contributed by atoms with van der Waals surface area (Å²) in [5, 5.41) is 3.09. The number of rotatable bonds is 10. The van der Waals surface area contributed by atoms with Gasteiger partial charge in [0.25, 0.3) is 10.1 Å².